The van der Waals surface area contributed by atoms with Crippen LogP contribution in [0.25, 0.3) is 32.7 Å². The van der Waals surface area contributed by atoms with E-state index in [2.05, 4.69) is 74.1 Å². The van der Waals surface area contributed by atoms with Gasteiger partial charge in [-0.1, -0.05) is 87.2 Å². The molecule has 0 saturated carbocycles. The first-order valence-corrected chi connectivity index (χ1v) is 32.2. The molecule has 26 N–H and O–H groups in total. The van der Waals surface area contributed by atoms with Crippen molar-refractivity contribution in [2.75, 3.05) is 26.2 Å². The fourth-order valence-corrected chi connectivity index (χ4v) is 11.0. The molecule has 0 saturated heterocycles. The summed E-state index contributed by atoms with van der Waals surface area (Å²) >= 11 is 0. The maximum absolute atomic E-state index is 15.2. The number of guanidine groups is 3. The molecule has 29 heteroatoms. The lowest BCUT2D eigenvalue weighted by Crippen LogP contribution is -2.60. The molecule has 7 atom stereocenters. The van der Waals surface area contributed by atoms with Crippen molar-refractivity contribution >= 4 is 97.8 Å². The number of amides is 8. The van der Waals surface area contributed by atoms with Gasteiger partial charge in [0, 0.05) is 103 Å². The molecule has 8 amide bonds. The molecule has 0 aliphatic rings. The Morgan fingerprint density at radius 1 is 0.404 bits per heavy atom. The summed E-state index contributed by atoms with van der Waals surface area (Å²) < 4.78 is 0. The van der Waals surface area contributed by atoms with Crippen LogP contribution in [0.2, 0.25) is 0 Å². The first-order valence-electron chi connectivity index (χ1n) is 32.2. The standard InChI is InChI=1S/C65H95N21O8/c1-2-3-4-5-6-28-55(87)74-29-14-13-25-49(56(67)88)81-60(92)53(34-40-37-79-47-23-11-8-19-43(40)47)85-58(90)51(27-17-32-77-65(72)73)83-62(94)54(35-41-38-80-48-24-12-9-20-44(41)48)86-59(91)50(26-16-31-76-64(70)71)82-61(93)52(33-39-36-78-46-22-10-7-18-42(39)46)84-57(89)45(66)21-15-30-75-63(68)69/h7-12,18-20,22-24,36-38,45,49-54,78-80H,2-6,13-17,21,25-35,66H2,1H3,(H2,67,88)(H,74,87)(H,81,92)(H,82,93)(H,83,94)(H,84,89)(H,85,90)(H,86,91)(H4,68,69,75)(H4,70,71,76)(H4,72,73,77)/t45-,49+,50+,51-,52-,53+,54-/m1/s1. The van der Waals surface area contributed by atoms with Gasteiger partial charge in [-0.3, -0.25) is 53.3 Å². The van der Waals surface area contributed by atoms with Gasteiger partial charge in [-0.15, -0.1) is 0 Å². The molecule has 0 radical (unpaired) electrons. The van der Waals surface area contributed by atoms with Crippen LogP contribution >= 0.6 is 0 Å². The van der Waals surface area contributed by atoms with E-state index in [4.69, 9.17) is 45.9 Å². The van der Waals surface area contributed by atoms with Gasteiger partial charge in [-0.2, -0.15) is 0 Å². The average molecular weight is 1300 g/mol. The Morgan fingerprint density at radius 3 is 1.16 bits per heavy atom. The highest BCUT2D eigenvalue weighted by Gasteiger charge is 2.35. The van der Waals surface area contributed by atoms with Crippen LogP contribution in [0, 0.1) is 0 Å². The molecule has 3 aromatic heterocycles. The second-order valence-electron chi connectivity index (χ2n) is 23.4. The first-order chi connectivity index (χ1) is 45.2. The van der Waals surface area contributed by atoms with Crippen LogP contribution in [0.15, 0.2) is 106 Å². The summed E-state index contributed by atoms with van der Waals surface area (Å²) in [6.07, 6.45) is 12.1. The van der Waals surface area contributed by atoms with Gasteiger partial charge in [-0.05, 0) is 99.1 Å². The number of aromatic amines is 3. The van der Waals surface area contributed by atoms with E-state index in [1.54, 1.807) is 18.6 Å². The summed E-state index contributed by atoms with van der Waals surface area (Å²) in [7, 11) is 0. The van der Waals surface area contributed by atoms with Crippen LogP contribution in [0.5, 0.6) is 0 Å². The molecule has 0 unspecified atom stereocenters. The Balaban J connectivity index is 1.28. The van der Waals surface area contributed by atoms with Gasteiger partial charge in [0.15, 0.2) is 17.9 Å². The second kappa shape index (κ2) is 38.0. The average Bonchev–Trinajstić information content (AvgIpc) is 1.67. The minimum Gasteiger partial charge on any atom is -0.370 e. The van der Waals surface area contributed by atoms with Crippen molar-refractivity contribution < 1.29 is 38.4 Å². The Bertz CT molecular complexity index is 3560. The minimum absolute atomic E-state index is 0.0358. The number of H-pyrrole nitrogens is 3. The number of nitrogens with two attached hydrogens (primary N) is 8. The molecule has 0 fully saturated rings. The van der Waals surface area contributed by atoms with E-state index < -0.39 is 83.6 Å². The van der Waals surface area contributed by atoms with Crippen molar-refractivity contribution in [1.29, 1.82) is 0 Å². The fraction of sp³-hybridized carbons (Fsp3) is 0.462. The summed E-state index contributed by atoms with van der Waals surface area (Å²) in [6, 6.07) is 12.9. The predicted molar refractivity (Wildman–Crippen MR) is 365 cm³/mol. The molecule has 0 spiro atoms. The zero-order valence-corrected chi connectivity index (χ0v) is 53.5. The summed E-state index contributed by atoms with van der Waals surface area (Å²) in [4.78, 5) is 136. The van der Waals surface area contributed by atoms with E-state index in [0.717, 1.165) is 64.8 Å². The smallest absolute Gasteiger partial charge is 0.243 e. The van der Waals surface area contributed by atoms with E-state index in [1.165, 1.54) is 0 Å². The highest BCUT2D eigenvalue weighted by atomic mass is 16.2. The molecule has 508 valence electrons. The van der Waals surface area contributed by atoms with Gasteiger partial charge in [0.25, 0.3) is 0 Å². The fourth-order valence-electron chi connectivity index (χ4n) is 11.0. The molecule has 0 bridgehead atoms. The lowest BCUT2D eigenvalue weighted by molar-refractivity contribution is -0.135. The number of aromatic nitrogens is 3. The molecule has 94 heavy (non-hydrogen) atoms. The summed E-state index contributed by atoms with van der Waals surface area (Å²) in [5.74, 6) is -6.03. The molecule has 3 aromatic carbocycles. The van der Waals surface area contributed by atoms with E-state index >= 15 is 14.4 Å². The Hall–Kier alpha value is -10.2. The van der Waals surface area contributed by atoms with Crippen molar-refractivity contribution in [3.05, 3.63) is 108 Å². The van der Waals surface area contributed by atoms with Gasteiger partial charge in [-0.25, -0.2) is 0 Å². The number of aliphatic imine (C=N–C) groups is 3. The summed E-state index contributed by atoms with van der Waals surface area (Å²) in [5, 5.41) is 22.1. The van der Waals surface area contributed by atoms with Crippen LogP contribution < -0.4 is 83.1 Å². The largest absolute Gasteiger partial charge is 0.370 e. The molecule has 3 heterocycles. The van der Waals surface area contributed by atoms with E-state index in [1.807, 2.05) is 72.8 Å². The number of fused-ring (bicyclic) bond motifs is 3. The number of rotatable bonds is 42. The van der Waals surface area contributed by atoms with Crippen molar-refractivity contribution in [2.24, 2.45) is 60.8 Å². The molecule has 6 aromatic rings. The van der Waals surface area contributed by atoms with Gasteiger partial charge < -0.3 is 98.0 Å². The summed E-state index contributed by atoms with van der Waals surface area (Å²) in [5.41, 5.74) is 50.1. The monoisotopic (exact) mass is 1300 g/mol. The third-order valence-electron chi connectivity index (χ3n) is 16.1. The van der Waals surface area contributed by atoms with Gasteiger partial charge in [0.2, 0.25) is 47.3 Å². The zero-order valence-electron chi connectivity index (χ0n) is 53.5. The van der Waals surface area contributed by atoms with Crippen LogP contribution in [0.3, 0.4) is 0 Å². The van der Waals surface area contributed by atoms with E-state index in [-0.39, 0.29) is 101 Å². The Labute approximate surface area is 546 Å². The maximum atomic E-state index is 15.2. The Kier molecular flexibility index (Phi) is 29.4. The zero-order chi connectivity index (χ0) is 67.9. The predicted octanol–water partition coefficient (Wildman–Crippen LogP) is 0.688. The Morgan fingerprint density at radius 2 is 0.755 bits per heavy atom. The van der Waals surface area contributed by atoms with E-state index in [9.17, 15) is 24.0 Å². The molecule has 29 nitrogen and oxygen atoms in total. The van der Waals surface area contributed by atoms with Crippen molar-refractivity contribution in [3.63, 3.8) is 0 Å². The van der Waals surface area contributed by atoms with Crippen LogP contribution in [0.4, 0.5) is 0 Å². The topological polar surface area (TPSA) is 513 Å². The number of nitrogens with one attached hydrogen (secondary N) is 10. The van der Waals surface area contributed by atoms with Crippen LogP contribution in [-0.4, -0.2) is 149 Å². The maximum Gasteiger partial charge on any atom is 0.243 e. The molecule has 0 aliphatic carbocycles. The highest BCUT2D eigenvalue weighted by molar-refractivity contribution is 5.99. The van der Waals surface area contributed by atoms with Gasteiger partial charge in [0.05, 0.1) is 6.04 Å². The number of carbonyl (C=O) groups excluding carboxylic acids is 8. The number of para-hydroxylation sites is 3. The van der Waals surface area contributed by atoms with E-state index in [0.29, 0.717) is 48.9 Å². The third kappa shape index (κ3) is 23.8. The molecular weight excluding hydrogens is 1200 g/mol. The van der Waals surface area contributed by atoms with Crippen molar-refractivity contribution in [2.45, 2.75) is 165 Å². The minimum atomic E-state index is -1.46. The third-order valence-corrected chi connectivity index (χ3v) is 16.1. The van der Waals surface area contributed by atoms with Crippen LogP contribution in [-0.2, 0) is 57.6 Å². The summed E-state index contributed by atoms with van der Waals surface area (Å²) in [6.45, 7) is 2.79. The van der Waals surface area contributed by atoms with Gasteiger partial charge in [0.1, 0.15) is 36.3 Å². The van der Waals surface area contributed by atoms with Crippen molar-refractivity contribution in [3.8, 4) is 0 Å². The van der Waals surface area contributed by atoms with Crippen LogP contribution in [0.1, 0.15) is 120 Å². The number of unbranched alkanes of at least 4 members (excludes halogenated alkanes) is 5. The highest BCUT2D eigenvalue weighted by Crippen LogP contribution is 2.23. The molecule has 6 rings (SSSR count). The number of hydrogen-bond donors (Lipinski definition) is 18. The number of benzene rings is 3. The molecule has 0 aliphatic heterocycles. The number of primary amides is 1. The number of nitrogens with zero attached hydrogens (tertiary/aromatic N) is 3. The lowest BCUT2D eigenvalue weighted by atomic mass is 10.0. The normalized spacial score (nSPS) is 13.4. The number of hydrogen-bond acceptors (Lipinski definition) is 12. The second-order valence-corrected chi connectivity index (χ2v) is 23.4. The van der Waals surface area contributed by atoms with Gasteiger partial charge >= 0.3 is 0 Å². The SMILES string of the molecule is CCCCCCCC(=O)NCCCC[C@H](NC(=O)[C@H](Cc1c[nH]c2ccccc12)NC(=O)[C@@H](CCCN=C(N)N)NC(=O)[C@@H](Cc1c[nH]c2ccccc12)NC(=O)[C@H](CCCN=C(N)N)NC(=O)[C@@H](Cc1c[nH]c2ccccc12)NC(=O)[C@H](N)CCCN=C(N)N)C(N)=O. The first kappa shape index (κ1) is 72.9. The molecular formula is C65H95N21O8. The number of carbonyl (C=O) groups is 8. The van der Waals surface area contributed by atoms with Crippen molar-refractivity contribution in [1.82, 2.24) is 52.2 Å². The lowest BCUT2D eigenvalue weighted by Gasteiger charge is -2.28. The quantitative estimate of drug-likeness (QED) is 0.0142.